The largest absolute Gasteiger partial charge is 0.433 e. The number of rotatable bonds is 1. The van der Waals surface area contributed by atoms with Gasteiger partial charge < -0.3 is 10.5 Å². The van der Waals surface area contributed by atoms with Gasteiger partial charge in [0, 0.05) is 5.56 Å². The summed E-state index contributed by atoms with van der Waals surface area (Å²) in [5.74, 6) is -2.96. The van der Waals surface area contributed by atoms with E-state index in [0.717, 1.165) is 6.07 Å². The molecule has 1 aromatic heterocycles. The SMILES string of the molecule is N#CC1=C(N)Oc2n[nH]c(C(F)(F)F)c2[C@@H]1c1ccccc1F. The van der Waals surface area contributed by atoms with Crippen LogP contribution < -0.4 is 10.5 Å². The van der Waals surface area contributed by atoms with Gasteiger partial charge in [0.25, 0.3) is 0 Å². The number of nitrogens with one attached hydrogen (secondary N) is 1. The first-order valence-electron chi connectivity index (χ1n) is 6.32. The molecular weight excluding hydrogens is 316 g/mol. The summed E-state index contributed by atoms with van der Waals surface area (Å²) in [6, 6.07) is 6.90. The van der Waals surface area contributed by atoms with E-state index in [1.54, 1.807) is 6.07 Å². The number of aromatic amines is 1. The number of alkyl halides is 3. The first-order chi connectivity index (χ1) is 10.8. The Kier molecular flexibility index (Phi) is 3.25. The van der Waals surface area contributed by atoms with Gasteiger partial charge >= 0.3 is 6.18 Å². The minimum atomic E-state index is -4.78. The maximum atomic E-state index is 14.1. The molecule has 0 saturated carbocycles. The summed E-state index contributed by atoms with van der Waals surface area (Å²) in [6.45, 7) is 0. The van der Waals surface area contributed by atoms with Crippen LogP contribution in [0.25, 0.3) is 0 Å². The third-order valence-corrected chi connectivity index (χ3v) is 3.44. The van der Waals surface area contributed by atoms with Crippen molar-refractivity contribution >= 4 is 0 Å². The Morgan fingerprint density at radius 2 is 2.00 bits per heavy atom. The van der Waals surface area contributed by atoms with Crippen molar-refractivity contribution in [3.8, 4) is 11.9 Å². The van der Waals surface area contributed by atoms with Crippen LogP contribution in [0.15, 0.2) is 35.7 Å². The number of ether oxygens (including phenoxy) is 1. The van der Waals surface area contributed by atoms with Crippen LogP contribution in [-0.2, 0) is 6.18 Å². The standard InChI is InChI=1S/C14H8F4N4O/c15-8-4-2-1-3-6(8)9-7(5-19)12(20)23-13-10(9)11(21-22-13)14(16,17)18/h1-4,9H,20H2,(H,21,22)/t9-/m1/s1. The zero-order chi connectivity index (χ0) is 16.8. The van der Waals surface area contributed by atoms with Gasteiger partial charge in [-0.1, -0.05) is 18.2 Å². The van der Waals surface area contributed by atoms with Gasteiger partial charge in [-0.15, -0.1) is 5.10 Å². The predicted molar refractivity (Wildman–Crippen MR) is 69.3 cm³/mol. The number of hydrogen-bond acceptors (Lipinski definition) is 4. The fraction of sp³-hybridized carbons (Fsp3) is 0.143. The van der Waals surface area contributed by atoms with Gasteiger partial charge in [-0.3, -0.25) is 5.10 Å². The highest BCUT2D eigenvalue weighted by molar-refractivity contribution is 5.55. The lowest BCUT2D eigenvalue weighted by Crippen LogP contribution is -2.23. The number of H-pyrrole nitrogens is 1. The van der Waals surface area contributed by atoms with E-state index in [4.69, 9.17) is 10.5 Å². The molecule has 5 nitrogen and oxygen atoms in total. The Morgan fingerprint density at radius 1 is 1.30 bits per heavy atom. The van der Waals surface area contributed by atoms with E-state index in [9.17, 15) is 22.8 Å². The van der Waals surface area contributed by atoms with E-state index in [1.807, 2.05) is 5.10 Å². The first-order valence-corrected chi connectivity index (χ1v) is 6.32. The molecule has 3 rings (SSSR count). The Labute approximate surface area is 127 Å². The Bertz CT molecular complexity index is 847. The maximum absolute atomic E-state index is 14.1. The molecule has 0 radical (unpaired) electrons. The fourth-order valence-electron chi connectivity index (χ4n) is 2.48. The molecule has 2 aromatic rings. The smallest absolute Gasteiger partial charge is 0.420 e. The van der Waals surface area contributed by atoms with Crippen molar-refractivity contribution in [1.82, 2.24) is 10.2 Å². The summed E-state index contributed by atoms with van der Waals surface area (Å²) in [7, 11) is 0. The van der Waals surface area contributed by atoms with E-state index in [2.05, 4.69) is 5.10 Å². The molecular formula is C14H8F4N4O. The van der Waals surface area contributed by atoms with Crippen LogP contribution >= 0.6 is 0 Å². The van der Waals surface area contributed by atoms with Gasteiger partial charge in [0.15, 0.2) is 0 Å². The van der Waals surface area contributed by atoms with Gasteiger partial charge in [0.1, 0.15) is 23.2 Å². The topological polar surface area (TPSA) is 87.7 Å². The Morgan fingerprint density at radius 3 is 2.61 bits per heavy atom. The summed E-state index contributed by atoms with van der Waals surface area (Å²) in [4.78, 5) is 0. The Hall–Kier alpha value is -3.02. The van der Waals surface area contributed by atoms with E-state index in [0.29, 0.717) is 0 Å². The van der Waals surface area contributed by atoms with Gasteiger partial charge in [-0.25, -0.2) is 4.39 Å². The molecule has 0 aliphatic carbocycles. The monoisotopic (exact) mass is 324 g/mol. The number of fused-ring (bicyclic) bond motifs is 1. The second-order valence-corrected chi connectivity index (χ2v) is 4.76. The van der Waals surface area contributed by atoms with Crippen LogP contribution in [0.2, 0.25) is 0 Å². The number of aromatic nitrogens is 2. The number of halogens is 4. The molecule has 23 heavy (non-hydrogen) atoms. The number of nitriles is 1. The van der Waals surface area contributed by atoms with E-state index >= 15 is 0 Å². The number of nitrogens with zero attached hydrogens (tertiary/aromatic N) is 2. The molecule has 0 bridgehead atoms. The molecule has 118 valence electrons. The molecule has 0 fully saturated rings. The van der Waals surface area contributed by atoms with E-state index in [1.165, 1.54) is 18.2 Å². The maximum Gasteiger partial charge on any atom is 0.433 e. The molecule has 0 spiro atoms. The summed E-state index contributed by atoms with van der Waals surface area (Å²) in [5.41, 5.74) is 3.47. The van der Waals surface area contributed by atoms with Crippen molar-refractivity contribution in [3.63, 3.8) is 0 Å². The van der Waals surface area contributed by atoms with Crippen LogP contribution in [0.4, 0.5) is 17.6 Å². The lowest BCUT2D eigenvalue weighted by atomic mass is 9.83. The lowest BCUT2D eigenvalue weighted by molar-refractivity contribution is -0.141. The van der Waals surface area contributed by atoms with Crippen molar-refractivity contribution in [2.24, 2.45) is 5.73 Å². The molecule has 0 saturated heterocycles. The van der Waals surface area contributed by atoms with E-state index < -0.39 is 40.9 Å². The molecule has 1 aliphatic heterocycles. The molecule has 9 heteroatoms. The average Bonchev–Trinajstić information content (AvgIpc) is 2.90. The highest BCUT2D eigenvalue weighted by Gasteiger charge is 2.44. The molecule has 3 N–H and O–H groups in total. The third kappa shape index (κ3) is 2.28. The van der Waals surface area contributed by atoms with Gasteiger partial charge in [-0.05, 0) is 6.07 Å². The van der Waals surface area contributed by atoms with Gasteiger partial charge in [0.05, 0.1) is 11.5 Å². The van der Waals surface area contributed by atoms with Crippen LogP contribution in [0.5, 0.6) is 5.88 Å². The fourth-order valence-corrected chi connectivity index (χ4v) is 2.48. The zero-order valence-electron chi connectivity index (χ0n) is 11.3. The molecule has 1 aromatic carbocycles. The first kappa shape index (κ1) is 14.9. The number of nitrogens with two attached hydrogens (primary N) is 1. The molecule has 0 unspecified atom stereocenters. The summed E-state index contributed by atoms with van der Waals surface area (Å²) in [5, 5.41) is 14.5. The van der Waals surface area contributed by atoms with Crippen molar-refractivity contribution in [3.05, 3.63) is 58.4 Å². The van der Waals surface area contributed by atoms with Crippen molar-refractivity contribution < 1.29 is 22.3 Å². The summed E-state index contributed by atoms with van der Waals surface area (Å²) >= 11 is 0. The predicted octanol–water partition coefficient (Wildman–Crippen LogP) is 2.79. The molecule has 1 aliphatic rings. The highest BCUT2D eigenvalue weighted by Crippen LogP contribution is 2.47. The number of allylic oxidation sites excluding steroid dienone is 1. The van der Waals surface area contributed by atoms with Crippen molar-refractivity contribution in [1.29, 1.82) is 5.26 Å². The molecule has 0 amide bonds. The van der Waals surface area contributed by atoms with Crippen LogP contribution in [-0.4, -0.2) is 10.2 Å². The minimum Gasteiger partial charge on any atom is -0.420 e. The van der Waals surface area contributed by atoms with Crippen molar-refractivity contribution in [2.75, 3.05) is 0 Å². The second kappa shape index (κ2) is 5.01. The normalized spacial score (nSPS) is 17.4. The average molecular weight is 324 g/mol. The quantitative estimate of drug-likeness (QED) is 0.790. The second-order valence-electron chi connectivity index (χ2n) is 4.76. The van der Waals surface area contributed by atoms with Crippen LogP contribution in [0.1, 0.15) is 22.7 Å². The lowest BCUT2D eigenvalue weighted by Gasteiger charge is -2.24. The molecule has 2 heterocycles. The summed E-state index contributed by atoms with van der Waals surface area (Å²) in [6.07, 6.45) is -4.78. The van der Waals surface area contributed by atoms with Crippen molar-refractivity contribution in [2.45, 2.75) is 12.1 Å². The van der Waals surface area contributed by atoms with E-state index in [-0.39, 0.29) is 11.1 Å². The Balaban J connectivity index is 2.31. The van der Waals surface area contributed by atoms with Crippen LogP contribution in [0.3, 0.4) is 0 Å². The van der Waals surface area contributed by atoms with Crippen LogP contribution in [0, 0.1) is 17.1 Å². The third-order valence-electron chi connectivity index (χ3n) is 3.44. The number of hydrogen-bond donors (Lipinski definition) is 2. The molecule has 1 atom stereocenters. The van der Waals surface area contributed by atoms with Gasteiger partial charge in [-0.2, -0.15) is 18.4 Å². The highest BCUT2D eigenvalue weighted by atomic mass is 19.4. The van der Waals surface area contributed by atoms with Gasteiger partial charge in [0.2, 0.25) is 11.8 Å². The summed E-state index contributed by atoms with van der Waals surface area (Å²) < 4.78 is 58.6. The minimum absolute atomic E-state index is 0.122. The zero-order valence-corrected chi connectivity index (χ0v) is 11.3. The number of benzene rings is 1.